The molecule has 2 heterocycles. The van der Waals surface area contributed by atoms with Crippen molar-refractivity contribution in [1.82, 2.24) is 9.80 Å². The van der Waals surface area contributed by atoms with Crippen molar-refractivity contribution in [3.63, 3.8) is 0 Å². The maximum Gasteiger partial charge on any atom is 0.416 e. The Hall–Kier alpha value is -3.56. The summed E-state index contributed by atoms with van der Waals surface area (Å²) in [6.45, 7) is 3.19. The predicted octanol–water partition coefficient (Wildman–Crippen LogP) is 6.63. The molecule has 3 aromatic carbocycles. The van der Waals surface area contributed by atoms with Crippen LogP contribution in [-0.4, -0.2) is 74.8 Å². The average molecular weight is 662 g/mol. The van der Waals surface area contributed by atoms with E-state index < -0.39 is 59.2 Å². The molecule has 2 aliphatic rings. The second kappa shape index (κ2) is 13.8. The van der Waals surface area contributed by atoms with E-state index in [1.54, 1.807) is 0 Å². The summed E-state index contributed by atoms with van der Waals surface area (Å²) in [5, 5.41) is 0. The number of nitrogens with zero attached hydrogens (tertiary/aromatic N) is 3. The minimum absolute atomic E-state index is 0.0784. The van der Waals surface area contributed by atoms with Crippen molar-refractivity contribution >= 4 is 29.1 Å². The Morgan fingerprint density at radius 1 is 0.756 bits per heavy atom. The van der Waals surface area contributed by atoms with Gasteiger partial charge in [0.1, 0.15) is 6.61 Å². The zero-order valence-corrected chi connectivity index (χ0v) is 24.4. The van der Waals surface area contributed by atoms with Gasteiger partial charge in [-0.2, -0.15) is 22.0 Å². The summed E-state index contributed by atoms with van der Waals surface area (Å²) >= 11 is 1.45. The summed E-state index contributed by atoms with van der Waals surface area (Å²) < 4.78 is 117. The molecule has 0 aliphatic carbocycles. The van der Waals surface area contributed by atoms with Gasteiger partial charge in [-0.25, -0.2) is 18.0 Å². The van der Waals surface area contributed by atoms with E-state index in [-0.39, 0.29) is 6.61 Å². The number of carbonyl (C=O) groups excluding carboxylic acids is 1. The van der Waals surface area contributed by atoms with Crippen LogP contribution in [0.2, 0.25) is 0 Å². The second-order valence-electron chi connectivity index (χ2n) is 10.3. The van der Waals surface area contributed by atoms with Gasteiger partial charge in [0.15, 0.2) is 12.4 Å². The molecule has 242 valence electrons. The Bertz CT molecular complexity index is 1520. The number of fused-ring (bicyclic) bond motifs is 2. The summed E-state index contributed by atoms with van der Waals surface area (Å²) in [5.41, 5.74) is 0.707. The Balaban J connectivity index is 1.06. The lowest BCUT2D eigenvalue weighted by Gasteiger charge is -2.36. The topological polar surface area (TPSA) is 45.3 Å². The van der Waals surface area contributed by atoms with Crippen molar-refractivity contribution in [3.8, 4) is 5.75 Å². The summed E-state index contributed by atoms with van der Waals surface area (Å²) in [4.78, 5) is 19.8. The lowest BCUT2D eigenvalue weighted by molar-refractivity contribution is -0.146. The second-order valence-corrected chi connectivity index (χ2v) is 11.4. The number of hydrogen-bond donors (Lipinski definition) is 0. The standard InChI is InChI=1S/C30H27F8N3O3S/c31-24-25(32)27(34)29(28(35)26(24)33)44-17-23(42)43-15-14-40-12-10-39(11-13-40)8-3-9-41-19-4-1-2-5-21(19)45-22-7-6-18(16-20(22)41)30(36,37)38/h1-2,4-7,16H,3,8-15,17H2. The molecule has 15 heteroatoms. The van der Waals surface area contributed by atoms with Crippen LogP contribution in [0.3, 0.4) is 0 Å². The molecule has 0 aromatic heterocycles. The van der Waals surface area contributed by atoms with Gasteiger partial charge in [0.25, 0.3) is 0 Å². The number of anilines is 2. The maximum atomic E-state index is 13.7. The lowest BCUT2D eigenvalue weighted by atomic mass is 10.1. The Labute approximate surface area is 257 Å². The molecule has 0 saturated carbocycles. The minimum Gasteiger partial charge on any atom is -0.476 e. The monoisotopic (exact) mass is 661 g/mol. The van der Waals surface area contributed by atoms with E-state index in [4.69, 9.17) is 4.74 Å². The molecule has 0 spiro atoms. The fraction of sp³-hybridized carbons (Fsp3) is 0.367. The molecule has 0 N–H and O–H groups in total. The van der Waals surface area contributed by atoms with Gasteiger partial charge >= 0.3 is 12.1 Å². The van der Waals surface area contributed by atoms with Crippen LogP contribution >= 0.6 is 11.8 Å². The average Bonchev–Trinajstić information content (AvgIpc) is 3.02. The molecule has 2 aliphatic heterocycles. The van der Waals surface area contributed by atoms with E-state index in [9.17, 15) is 39.9 Å². The molecule has 0 amide bonds. The van der Waals surface area contributed by atoms with Gasteiger partial charge in [-0.15, -0.1) is 0 Å². The summed E-state index contributed by atoms with van der Waals surface area (Å²) in [5.74, 6) is -13.7. The number of halogens is 8. The van der Waals surface area contributed by atoms with Crippen molar-refractivity contribution in [1.29, 1.82) is 0 Å². The predicted molar refractivity (Wildman–Crippen MR) is 149 cm³/mol. The first-order valence-corrected chi connectivity index (χ1v) is 14.8. The highest BCUT2D eigenvalue weighted by atomic mass is 32.2. The third-order valence-electron chi connectivity index (χ3n) is 7.45. The minimum atomic E-state index is -4.45. The SMILES string of the molecule is O=C(COc1c(F)c(F)c(F)c(F)c1F)OCCN1CCN(CCCN2c3ccccc3Sc3ccc(C(F)(F)F)cc32)CC1. The number of alkyl halides is 3. The van der Waals surface area contributed by atoms with Gasteiger partial charge in [0, 0.05) is 49.1 Å². The molecule has 0 unspecified atom stereocenters. The summed E-state index contributed by atoms with van der Waals surface area (Å²) in [7, 11) is 0. The number of carbonyl (C=O) groups is 1. The van der Waals surface area contributed by atoms with Gasteiger partial charge in [-0.1, -0.05) is 23.9 Å². The largest absolute Gasteiger partial charge is 0.476 e. The highest BCUT2D eigenvalue weighted by molar-refractivity contribution is 7.99. The number of piperazine rings is 1. The molecule has 0 radical (unpaired) electrons. The first-order valence-electron chi connectivity index (χ1n) is 13.9. The Kier molecular flexibility index (Phi) is 10.1. The molecule has 0 bridgehead atoms. The van der Waals surface area contributed by atoms with E-state index in [0.717, 1.165) is 28.1 Å². The molecular weight excluding hydrogens is 634 g/mol. The van der Waals surface area contributed by atoms with Crippen molar-refractivity contribution < 1.29 is 49.4 Å². The third-order valence-corrected chi connectivity index (χ3v) is 8.58. The smallest absolute Gasteiger partial charge is 0.416 e. The normalized spacial score (nSPS) is 15.5. The first-order chi connectivity index (χ1) is 21.4. The zero-order valence-electron chi connectivity index (χ0n) is 23.6. The molecular formula is C30H27F8N3O3S. The van der Waals surface area contributed by atoms with Crippen LogP contribution in [0.25, 0.3) is 0 Å². The first kappa shape index (κ1) is 32.8. The summed E-state index contributed by atoms with van der Waals surface area (Å²) in [6.07, 6.45) is -3.74. The van der Waals surface area contributed by atoms with Crippen LogP contribution in [0.15, 0.2) is 52.3 Å². The van der Waals surface area contributed by atoms with Gasteiger partial charge in [-0.3, -0.25) is 4.90 Å². The van der Waals surface area contributed by atoms with Crippen molar-refractivity contribution in [2.45, 2.75) is 22.4 Å². The lowest BCUT2D eigenvalue weighted by Crippen LogP contribution is -2.47. The molecule has 3 aromatic rings. The zero-order chi connectivity index (χ0) is 32.3. The van der Waals surface area contributed by atoms with Crippen LogP contribution in [0.5, 0.6) is 5.75 Å². The Morgan fingerprint density at radius 2 is 1.36 bits per heavy atom. The highest BCUT2D eigenvalue weighted by Crippen LogP contribution is 2.49. The van der Waals surface area contributed by atoms with Crippen LogP contribution in [0, 0.1) is 29.1 Å². The fourth-order valence-corrected chi connectivity index (χ4v) is 6.18. The molecule has 5 rings (SSSR count). The van der Waals surface area contributed by atoms with Crippen LogP contribution in [0.4, 0.5) is 46.5 Å². The number of para-hydroxylation sites is 1. The number of benzene rings is 3. The molecule has 0 atom stereocenters. The summed E-state index contributed by atoms with van der Waals surface area (Å²) in [6, 6.07) is 11.4. The quantitative estimate of drug-likeness (QED) is 0.105. The van der Waals surface area contributed by atoms with Crippen molar-refractivity contribution in [2.75, 3.05) is 63.9 Å². The van der Waals surface area contributed by atoms with Gasteiger partial charge in [-0.05, 0) is 43.3 Å². The fourth-order valence-electron chi connectivity index (χ4n) is 5.11. The molecule has 6 nitrogen and oxygen atoms in total. The number of hydrogen-bond acceptors (Lipinski definition) is 7. The van der Waals surface area contributed by atoms with E-state index in [1.165, 1.54) is 23.9 Å². The number of esters is 1. The van der Waals surface area contributed by atoms with Crippen LogP contribution in [0.1, 0.15) is 12.0 Å². The van der Waals surface area contributed by atoms with E-state index in [2.05, 4.69) is 9.64 Å². The third kappa shape index (κ3) is 7.47. The van der Waals surface area contributed by atoms with Gasteiger partial charge in [0.2, 0.25) is 29.1 Å². The Morgan fingerprint density at radius 3 is 2.02 bits per heavy atom. The van der Waals surface area contributed by atoms with E-state index in [1.807, 2.05) is 34.1 Å². The van der Waals surface area contributed by atoms with Gasteiger partial charge in [0.05, 0.1) is 16.9 Å². The van der Waals surface area contributed by atoms with E-state index in [0.29, 0.717) is 51.4 Å². The van der Waals surface area contributed by atoms with Crippen molar-refractivity contribution in [2.24, 2.45) is 0 Å². The highest BCUT2D eigenvalue weighted by Gasteiger charge is 2.33. The van der Waals surface area contributed by atoms with Crippen molar-refractivity contribution in [3.05, 3.63) is 77.1 Å². The van der Waals surface area contributed by atoms with Gasteiger partial charge < -0.3 is 19.3 Å². The molecule has 45 heavy (non-hydrogen) atoms. The molecule has 1 fully saturated rings. The van der Waals surface area contributed by atoms with Crippen LogP contribution in [-0.2, 0) is 15.7 Å². The maximum absolute atomic E-state index is 13.7. The number of ether oxygens (including phenoxy) is 2. The number of rotatable bonds is 10. The van der Waals surface area contributed by atoms with E-state index >= 15 is 0 Å². The molecule has 1 saturated heterocycles. The van der Waals surface area contributed by atoms with Crippen LogP contribution < -0.4 is 9.64 Å².